The summed E-state index contributed by atoms with van der Waals surface area (Å²) in [5.41, 5.74) is -6.17. The van der Waals surface area contributed by atoms with Crippen LogP contribution in [0, 0.1) is 11.8 Å². The maximum absolute atomic E-state index is 14.6. The average molecular weight is 579 g/mol. The fraction of sp³-hybridized carbons (Fsp3) is 0.552. The van der Waals surface area contributed by atoms with Crippen molar-refractivity contribution >= 4 is 17.3 Å². The number of phenolic OH excluding ortho intramolecular Hbond substituents is 1. The molecule has 0 bridgehead atoms. The first kappa shape index (κ1) is 29.3. The van der Waals surface area contributed by atoms with Gasteiger partial charge in [0.2, 0.25) is 5.78 Å². The van der Waals surface area contributed by atoms with Crippen LogP contribution in [0.4, 0.5) is 13.2 Å². The Kier molecular flexibility index (Phi) is 7.11. The number of nitrogens with zero attached hydrogens (tertiary/aromatic N) is 1. The van der Waals surface area contributed by atoms with Crippen LogP contribution in [0.2, 0.25) is 0 Å². The molecule has 4 aliphatic rings. The molecular weight excluding hydrogens is 545 g/mol. The number of alkyl halides is 3. The van der Waals surface area contributed by atoms with Crippen molar-refractivity contribution < 1.29 is 48.0 Å². The summed E-state index contributed by atoms with van der Waals surface area (Å²) in [6, 6.07) is -0.882. The molecule has 5 rings (SSSR count). The van der Waals surface area contributed by atoms with E-state index < -0.39 is 105 Å². The lowest BCUT2D eigenvalue weighted by molar-refractivity contribution is -0.148. The summed E-state index contributed by atoms with van der Waals surface area (Å²) < 4.78 is 43.8. The summed E-state index contributed by atoms with van der Waals surface area (Å²) in [4.78, 5) is 41.3. The van der Waals surface area contributed by atoms with Gasteiger partial charge in [-0.15, -0.1) is 0 Å². The summed E-state index contributed by atoms with van der Waals surface area (Å²) in [6.45, 7) is 3.73. The highest BCUT2D eigenvalue weighted by Gasteiger charge is 2.63. The molecule has 1 fully saturated rings. The number of aliphatic hydroxyl groups excluding tert-OH is 2. The molecule has 0 amide bonds. The van der Waals surface area contributed by atoms with Crippen molar-refractivity contribution in [1.29, 1.82) is 0 Å². The second-order valence-electron chi connectivity index (χ2n) is 11.5. The number of hydrogen-bond acceptors (Lipinski definition) is 9. The van der Waals surface area contributed by atoms with Gasteiger partial charge in [-0.05, 0) is 82.3 Å². The number of Topliss-reactive ketones (excluding diaryl/α,β-unsaturated/α-hetero) is 3. The molecule has 5 N–H and O–H groups in total. The Morgan fingerprint density at radius 1 is 1.22 bits per heavy atom. The van der Waals surface area contributed by atoms with Crippen LogP contribution in [-0.2, 0) is 22.2 Å². The van der Waals surface area contributed by atoms with E-state index in [1.807, 2.05) is 6.92 Å². The predicted molar refractivity (Wildman–Crippen MR) is 139 cm³/mol. The molecule has 0 spiro atoms. The smallest absolute Gasteiger partial charge is 0.417 e. The Morgan fingerprint density at radius 3 is 2.46 bits per heavy atom. The number of likely N-dealkylation sites (N-methyl/N-ethyl adjacent to an activating group) is 1. The number of halogens is 3. The maximum Gasteiger partial charge on any atom is 0.417 e. The van der Waals surface area contributed by atoms with Crippen LogP contribution < -0.4 is 5.32 Å². The van der Waals surface area contributed by atoms with Gasteiger partial charge in [-0.1, -0.05) is 6.92 Å². The lowest BCUT2D eigenvalue weighted by Crippen LogP contribution is -2.63. The van der Waals surface area contributed by atoms with Crippen molar-refractivity contribution in [3.8, 4) is 5.75 Å². The van der Waals surface area contributed by atoms with E-state index in [2.05, 4.69) is 5.32 Å². The molecule has 9 nitrogen and oxygen atoms in total. The summed E-state index contributed by atoms with van der Waals surface area (Å²) >= 11 is 0. The van der Waals surface area contributed by atoms with Crippen molar-refractivity contribution in [3.05, 3.63) is 51.0 Å². The first-order chi connectivity index (χ1) is 19.2. The zero-order valence-corrected chi connectivity index (χ0v) is 22.9. The van der Waals surface area contributed by atoms with Gasteiger partial charge in [0.1, 0.15) is 22.8 Å². The maximum atomic E-state index is 14.6. The molecule has 1 heterocycles. The number of rotatable bonds is 5. The number of ketones is 3. The standard InChI is InChI=1S/C29H33F3N2O7/c1-4-8-34(3)23-16-10-13-9-15-21(18(36)11-14(17-6-5-7-33-17)22(15)29(30,31)32)24(37)20(13)27(40)28(16,41)26(39)19(12(2)35)25(23)38/h11,13,16-17,23,33,36,38,40-41H,4-10H2,1-3H3/t13-,16-,17?,23-,28+/m0/s1. The van der Waals surface area contributed by atoms with Gasteiger partial charge in [-0.25, -0.2) is 0 Å². The molecule has 5 atom stereocenters. The Bertz CT molecular complexity index is 1410. The quantitative estimate of drug-likeness (QED) is 0.332. The molecule has 1 aliphatic heterocycles. The number of aliphatic hydroxyl groups is 3. The molecule has 3 aliphatic carbocycles. The number of benzene rings is 1. The number of hydrogen-bond donors (Lipinski definition) is 5. The molecule has 0 aromatic heterocycles. The van der Waals surface area contributed by atoms with Gasteiger partial charge >= 0.3 is 6.18 Å². The van der Waals surface area contributed by atoms with Gasteiger partial charge in [-0.2, -0.15) is 13.2 Å². The van der Waals surface area contributed by atoms with Crippen LogP contribution >= 0.6 is 0 Å². The van der Waals surface area contributed by atoms with Gasteiger partial charge < -0.3 is 25.7 Å². The van der Waals surface area contributed by atoms with Gasteiger partial charge in [0.15, 0.2) is 17.2 Å². The molecule has 0 saturated carbocycles. The number of fused-ring (bicyclic) bond motifs is 3. The first-order valence-corrected chi connectivity index (χ1v) is 13.7. The third-order valence-corrected chi connectivity index (χ3v) is 9.08. The minimum atomic E-state index is -4.86. The van der Waals surface area contributed by atoms with E-state index in [4.69, 9.17) is 0 Å². The Labute approximate surface area is 234 Å². The van der Waals surface area contributed by atoms with Crippen LogP contribution in [-0.4, -0.2) is 74.5 Å². The van der Waals surface area contributed by atoms with E-state index in [0.29, 0.717) is 32.4 Å². The van der Waals surface area contributed by atoms with E-state index in [-0.39, 0.29) is 12.0 Å². The third-order valence-electron chi connectivity index (χ3n) is 9.08. The monoisotopic (exact) mass is 578 g/mol. The van der Waals surface area contributed by atoms with Crippen molar-refractivity contribution in [1.82, 2.24) is 10.2 Å². The zero-order valence-electron chi connectivity index (χ0n) is 22.9. The molecule has 1 saturated heterocycles. The second-order valence-corrected chi connectivity index (χ2v) is 11.5. The minimum Gasteiger partial charge on any atom is -0.510 e. The van der Waals surface area contributed by atoms with Gasteiger partial charge in [-0.3, -0.25) is 19.3 Å². The molecule has 1 aromatic carbocycles. The summed E-state index contributed by atoms with van der Waals surface area (Å²) in [5.74, 6) is -7.93. The SMILES string of the molecule is CCCN(C)[C@@H]1C(O)=C(C(C)=O)C(=O)[C@@]2(O)C(O)=C3C(=O)c4c(O)cc(C5CCCN5)c(C(F)(F)F)c4C[C@H]3C[C@@H]12. The van der Waals surface area contributed by atoms with Crippen LogP contribution in [0.25, 0.3) is 0 Å². The van der Waals surface area contributed by atoms with Gasteiger partial charge in [0.05, 0.1) is 17.2 Å². The Morgan fingerprint density at radius 2 is 1.90 bits per heavy atom. The molecular formula is C29H33F3N2O7. The highest BCUT2D eigenvalue weighted by molar-refractivity contribution is 6.25. The Hall–Kier alpha value is -3.22. The number of carbonyl (C=O) groups excluding carboxylic acids is 3. The fourth-order valence-corrected chi connectivity index (χ4v) is 7.42. The topological polar surface area (TPSA) is 147 Å². The van der Waals surface area contributed by atoms with E-state index in [9.17, 15) is 48.0 Å². The number of phenols is 1. The van der Waals surface area contributed by atoms with Crippen LogP contribution in [0.15, 0.2) is 28.7 Å². The van der Waals surface area contributed by atoms with Crippen molar-refractivity contribution in [2.24, 2.45) is 11.8 Å². The number of carbonyl (C=O) groups is 3. The van der Waals surface area contributed by atoms with Gasteiger partial charge in [0, 0.05) is 17.5 Å². The van der Waals surface area contributed by atoms with E-state index in [1.165, 1.54) is 0 Å². The highest BCUT2D eigenvalue weighted by atomic mass is 19.4. The van der Waals surface area contributed by atoms with E-state index in [1.54, 1.807) is 11.9 Å². The van der Waals surface area contributed by atoms with Crippen molar-refractivity contribution in [2.75, 3.05) is 20.1 Å². The first-order valence-electron chi connectivity index (χ1n) is 13.7. The zero-order chi connectivity index (χ0) is 30.2. The average Bonchev–Trinajstić information content (AvgIpc) is 3.40. The molecule has 12 heteroatoms. The van der Waals surface area contributed by atoms with Crippen LogP contribution in [0.1, 0.15) is 72.6 Å². The minimum absolute atomic E-state index is 0.164. The summed E-state index contributed by atoms with van der Waals surface area (Å²) in [7, 11) is 1.59. The fourth-order valence-electron chi connectivity index (χ4n) is 7.42. The van der Waals surface area contributed by atoms with E-state index >= 15 is 0 Å². The third kappa shape index (κ3) is 4.21. The Balaban J connectivity index is 1.73. The van der Waals surface area contributed by atoms with Crippen LogP contribution in [0.5, 0.6) is 5.75 Å². The second kappa shape index (κ2) is 9.95. The predicted octanol–water partition coefficient (Wildman–Crippen LogP) is 3.45. The number of nitrogens with one attached hydrogen (secondary N) is 1. The van der Waals surface area contributed by atoms with Gasteiger partial charge in [0.25, 0.3) is 0 Å². The molecule has 1 aromatic rings. The van der Waals surface area contributed by atoms with Crippen molar-refractivity contribution in [2.45, 2.75) is 69.8 Å². The normalized spacial score (nSPS) is 30.0. The summed E-state index contributed by atoms with van der Waals surface area (Å²) in [6.07, 6.45) is -3.87. The molecule has 0 radical (unpaired) electrons. The molecule has 222 valence electrons. The highest BCUT2D eigenvalue weighted by Crippen LogP contribution is 2.54. The molecule has 41 heavy (non-hydrogen) atoms. The number of aromatic hydroxyl groups is 1. The van der Waals surface area contributed by atoms with Crippen LogP contribution in [0.3, 0.4) is 0 Å². The largest absolute Gasteiger partial charge is 0.510 e. The van der Waals surface area contributed by atoms with Crippen molar-refractivity contribution in [3.63, 3.8) is 0 Å². The molecule has 1 unspecified atom stereocenters. The number of allylic oxidation sites excluding steroid dienone is 1. The van der Waals surface area contributed by atoms with E-state index in [0.717, 1.165) is 13.0 Å². The lowest BCUT2D eigenvalue weighted by Gasteiger charge is -2.50. The summed E-state index contributed by atoms with van der Waals surface area (Å²) in [5, 5.41) is 48.2. The lowest BCUT2D eigenvalue weighted by atomic mass is 9.58.